The number of nitrogens with one attached hydrogen (secondary N) is 1. The van der Waals surface area contributed by atoms with Crippen molar-refractivity contribution in [3.8, 4) is 11.5 Å². The van der Waals surface area contributed by atoms with Gasteiger partial charge in [-0.2, -0.15) is 5.10 Å². The molecule has 0 bridgehead atoms. The summed E-state index contributed by atoms with van der Waals surface area (Å²) in [6, 6.07) is 10.6. The second-order valence-electron chi connectivity index (χ2n) is 6.23. The zero-order valence-corrected chi connectivity index (χ0v) is 17.6. The molecule has 0 radical (unpaired) electrons. The molecular weight excluding hydrogens is 417 g/mol. The molecule has 29 heavy (non-hydrogen) atoms. The number of methoxy groups -OCH3 is 1. The molecule has 2 aromatic heterocycles. The lowest BCUT2D eigenvalue weighted by molar-refractivity contribution is 0.0920. The van der Waals surface area contributed by atoms with E-state index < -0.39 is 0 Å². The number of aryl methyl sites for hydroxylation is 2. The van der Waals surface area contributed by atoms with Crippen LogP contribution in [0.25, 0.3) is 0 Å². The highest BCUT2D eigenvalue weighted by atomic mass is 35.5. The van der Waals surface area contributed by atoms with Gasteiger partial charge in [-0.1, -0.05) is 35.3 Å². The third kappa shape index (κ3) is 5.25. The summed E-state index contributed by atoms with van der Waals surface area (Å²) in [5.74, 6) is 1.69. The molecule has 9 heteroatoms. The van der Waals surface area contributed by atoms with Crippen LogP contribution in [0.1, 0.15) is 28.4 Å². The van der Waals surface area contributed by atoms with E-state index in [1.807, 2.05) is 18.2 Å². The molecule has 3 rings (SSSR count). The number of aromatic nitrogens is 2. The van der Waals surface area contributed by atoms with Crippen LogP contribution >= 0.6 is 23.2 Å². The van der Waals surface area contributed by atoms with Crippen molar-refractivity contribution in [2.24, 2.45) is 0 Å². The minimum atomic E-state index is -0.297. The zero-order chi connectivity index (χ0) is 20.8. The minimum absolute atomic E-state index is 0.186. The van der Waals surface area contributed by atoms with E-state index in [0.717, 1.165) is 0 Å². The van der Waals surface area contributed by atoms with Crippen molar-refractivity contribution in [1.29, 1.82) is 0 Å². The third-order valence-corrected chi connectivity index (χ3v) is 5.09. The molecule has 1 N–H and O–H groups in total. The summed E-state index contributed by atoms with van der Waals surface area (Å²) < 4.78 is 18.1. The zero-order valence-electron chi connectivity index (χ0n) is 16.1. The van der Waals surface area contributed by atoms with Gasteiger partial charge in [-0.3, -0.25) is 9.48 Å². The highest BCUT2D eigenvalue weighted by molar-refractivity contribution is 6.41. The van der Waals surface area contributed by atoms with Crippen LogP contribution in [-0.2, 0) is 13.2 Å². The van der Waals surface area contributed by atoms with Crippen molar-refractivity contribution in [1.82, 2.24) is 15.1 Å². The first kappa shape index (κ1) is 21.1. The highest BCUT2D eigenvalue weighted by Gasteiger charge is 2.13. The molecule has 0 saturated heterocycles. The van der Waals surface area contributed by atoms with E-state index in [1.165, 1.54) is 0 Å². The molecule has 2 heterocycles. The fourth-order valence-corrected chi connectivity index (χ4v) is 3.06. The number of para-hydroxylation sites is 2. The standard InChI is InChI=1S/C20H21Cl2N3O4/c1-13-18(21)19(22)25(24-13)11-5-10-23-20(26)17-9-8-14(29-17)12-28-16-7-4-3-6-15(16)27-2/h3-4,6-9H,5,10-12H2,1-2H3,(H,23,26). The molecule has 0 fully saturated rings. The summed E-state index contributed by atoms with van der Waals surface area (Å²) in [5, 5.41) is 7.91. The Balaban J connectivity index is 1.46. The number of carbonyl (C=O) groups excluding carboxylic acids is 1. The van der Waals surface area contributed by atoms with Crippen LogP contribution in [0.2, 0.25) is 10.2 Å². The van der Waals surface area contributed by atoms with Gasteiger partial charge in [-0.05, 0) is 37.6 Å². The van der Waals surface area contributed by atoms with Gasteiger partial charge in [-0.25, -0.2) is 0 Å². The monoisotopic (exact) mass is 437 g/mol. The Morgan fingerprint density at radius 3 is 2.66 bits per heavy atom. The Kier molecular flexibility index (Phi) is 7.06. The van der Waals surface area contributed by atoms with E-state index in [0.29, 0.717) is 52.6 Å². The summed E-state index contributed by atoms with van der Waals surface area (Å²) in [6.45, 7) is 2.96. The second-order valence-corrected chi connectivity index (χ2v) is 6.96. The van der Waals surface area contributed by atoms with Crippen molar-refractivity contribution in [2.45, 2.75) is 26.5 Å². The van der Waals surface area contributed by atoms with E-state index in [1.54, 1.807) is 36.9 Å². The molecule has 0 spiro atoms. The minimum Gasteiger partial charge on any atom is -0.493 e. The second kappa shape index (κ2) is 9.71. The Bertz CT molecular complexity index is 984. The molecule has 7 nitrogen and oxygen atoms in total. The predicted octanol–water partition coefficient (Wildman–Crippen LogP) is 4.50. The number of halogens is 2. The van der Waals surface area contributed by atoms with Crippen LogP contribution in [0.15, 0.2) is 40.8 Å². The molecule has 0 aliphatic heterocycles. The van der Waals surface area contributed by atoms with E-state index in [4.69, 9.17) is 37.1 Å². The number of carbonyl (C=O) groups is 1. The Morgan fingerprint density at radius 2 is 1.97 bits per heavy atom. The van der Waals surface area contributed by atoms with Crippen molar-refractivity contribution >= 4 is 29.1 Å². The van der Waals surface area contributed by atoms with Crippen LogP contribution in [0.5, 0.6) is 11.5 Å². The van der Waals surface area contributed by atoms with Crippen molar-refractivity contribution < 1.29 is 18.7 Å². The van der Waals surface area contributed by atoms with Gasteiger partial charge in [0.15, 0.2) is 17.3 Å². The van der Waals surface area contributed by atoms with Gasteiger partial charge >= 0.3 is 0 Å². The summed E-state index contributed by atoms with van der Waals surface area (Å²) >= 11 is 12.1. The number of amides is 1. The molecular formula is C20H21Cl2N3O4. The van der Waals surface area contributed by atoms with E-state index >= 15 is 0 Å². The van der Waals surface area contributed by atoms with E-state index in [-0.39, 0.29) is 18.3 Å². The molecule has 0 aliphatic carbocycles. The van der Waals surface area contributed by atoms with Gasteiger partial charge in [0.25, 0.3) is 5.91 Å². The average molecular weight is 438 g/mol. The van der Waals surface area contributed by atoms with Crippen LogP contribution in [0.4, 0.5) is 0 Å². The van der Waals surface area contributed by atoms with Gasteiger partial charge in [0.2, 0.25) is 0 Å². The molecule has 0 atom stereocenters. The topological polar surface area (TPSA) is 78.5 Å². The first-order chi connectivity index (χ1) is 14.0. The van der Waals surface area contributed by atoms with Gasteiger partial charge in [0, 0.05) is 13.1 Å². The number of hydrogen-bond acceptors (Lipinski definition) is 5. The summed E-state index contributed by atoms with van der Waals surface area (Å²) in [5.41, 5.74) is 0.680. The smallest absolute Gasteiger partial charge is 0.286 e. The Hall–Kier alpha value is -2.64. The van der Waals surface area contributed by atoms with E-state index in [2.05, 4.69) is 10.4 Å². The summed E-state index contributed by atoms with van der Waals surface area (Å²) in [6.07, 6.45) is 0.646. The van der Waals surface area contributed by atoms with Gasteiger partial charge in [0.05, 0.1) is 12.8 Å². The fourth-order valence-electron chi connectivity index (χ4n) is 2.66. The van der Waals surface area contributed by atoms with Crippen LogP contribution in [-0.4, -0.2) is 29.3 Å². The third-order valence-electron chi connectivity index (χ3n) is 4.15. The van der Waals surface area contributed by atoms with Crippen LogP contribution in [0.3, 0.4) is 0 Å². The maximum Gasteiger partial charge on any atom is 0.286 e. The number of hydrogen-bond donors (Lipinski definition) is 1. The first-order valence-electron chi connectivity index (χ1n) is 9.00. The molecule has 1 aromatic carbocycles. The van der Waals surface area contributed by atoms with Gasteiger partial charge in [-0.15, -0.1) is 0 Å². The molecule has 154 valence electrons. The molecule has 1 amide bonds. The highest BCUT2D eigenvalue weighted by Crippen LogP contribution is 2.27. The SMILES string of the molecule is COc1ccccc1OCc1ccc(C(=O)NCCCn2nc(C)c(Cl)c2Cl)o1. The molecule has 0 aliphatic rings. The largest absolute Gasteiger partial charge is 0.493 e. The van der Waals surface area contributed by atoms with Crippen molar-refractivity contribution in [2.75, 3.05) is 13.7 Å². The van der Waals surface area contributed by atoms with E-state index in [9.17, 15) is 4.79 Å². The first-order valence-corrected chi connectivity index (χ1v) is 9.76. The van der Waals surface area contributed by atoms with Crippen molar-refractivity contribution in [3.05, 3.63) is 63.8 Å². The van der Waals surface area contributed by atoms with Crippen LogP contribution in [0, 0.1) is 6.92 Å². The summed E-state index contributed by atoms with van der Waals surface area (Å²) in [4.78, 5) is 12.2. The molecule has 3 aromatic rings. The van der Waals surface area contributed by atoms with Crippen molar-refractivity contribution in [3.63, 3.8) is 0 Å². The Labute approximate surface area is 178 Å². The quantitative estimate of drug-likeness (QED) is 0.498. The Morgan fingerprint density at radius 1 is 1.21 bits per heavy atom. The lowest BCUT2D eigenvalue weighted by Gasteiger charge is -2.08. The normalized spacial score (nSPS) is 10.8. The van der Waals surface area contributed by atoms with Crippen LogP contribution < -0.4 is 14.8 Å². The average Bonchev–Trinajstić information content (AvgIpc) is 3.30. The fraction of sp³-hybridized carbons (Fsp3) is 0.300. The number of nitrogens with zero attached hydrogens (tertiary/aromatic N) is 2. The maximum atomic E-state index is 12.2. The summed E-state index contributed by atoms with van der Waals surface area (Å²) in [7, 11) is 1.58. The number of furan rings is 1. The number of benzene rings is 1. The predicted molar refractivity (Wildman–Crippen MR) is 110 cm³/mol. The number of ether oxygens (including phenoxy) is 2. The lowest BCUT2D eigenvalue weighted by Crippen LogP contribution is -2.25. The molecule has 0 saturated carbocycles. The number of rotatable bonds is 9. The lowest BCUT2D eigenvalue weighted by atomic mass is 10.3. The van der Waals surface area contributed by atoms with Gasteiger partial charge < -0.3 is 19.2 Å². The maximum absolute atomic E-state index is 12.2. The molecule has 0 unspecified atom stereocenters. The van der Waals surface area contributed by atoms with Gasteiger partial charge in [0.1, 0.15) is 22.5 Å².